The first-order valence-electron chi connectivity index (χ1n) is 7.62. The van der Waals surface area contributed by atoms with Gasteiger partial charge in [0.25, 0.3) is 0 Å². The van der Waals surface area contributed by atoms with E-state index in [1.165, 1.54) is 0 Å². The van der Waals surface area contributed by atoms with Crippen LogP contribution in [-0.2, 0) is 24.7 Å². The van der Waals surface area contributed by atoms with Gasteiger partial charge in [-0.2, -0.15) is 35.1 Å². The molecule has 0 amide bonds. The zero-order valence-corrected chi connectivity index (χ0v) is 13.1. The number of aryl methyl sites for hydroxylation is 2. The molecular weight excluding hydrogens is 368 g/mol. The van der Waals surface area contributed by atoms with Crippen molar-refractivity contribution in [2.24, 2.45) is 0 Å². The molecular formula is C18H12F8. The van der Waals surface area contributed by atoms with Crippen molar-refractivity contribution in [2.45, 2.75) is 36.5 Å². The highest BCUT2D eigenvalue weighted by Gasteiger charge is 2.85. The van der Waals surface area contributed by atoms with Crippen LogP contribution in [0.5, 0.6) is 0 Å². The van der Waals surface area contributed by atoms with E-state index in [1.54, 1.807) is 30.3 Å². The van der Waals surface area contributed by atoms with Gasteiger partial charge in [0.05, 0.1) is 0 Å². The molecule has 2 aromatic carbocycles. The third kappa shape index (κ3) is 2.41. The Morgan fingerprint density at radius 2 is 1.04 bits per heavy atom. The van der Waals surface area contributed by atoms with E-state index < -0.39 is 34.8 Å². The quantitative estimate of drug-likeness (QED) is 0.578. The van der Waals surface area contributed by atoms with Crippen LogP contribution in [0.25, 0.3) is 0 Å². The third-order valence-electron chi connectivity index (χ3n) is 4.49. The summed E-state index contributed by atoms with van der Waals surface area (Å²) in [6.07, 6.45) is 0.440. The van der Waals surface area contributed by atoms with Crippen LogP contribution in [0.2, 0.25) is 0 Å². The molecule has 0 aromatic heterocycles. The van der Waals surface area contributed by atoms with Crippen LogP contribution in [-0.4, -0.2) is 11.8 Å². The Hall–Kier alpha value is -2.12. The summed E-state index contributed by atoms with van der Waals surface area (Å²) in [4.78, 5) is 0. The first-order chi connectivity index (χ1) is 11.9. The molecule has 0 saturated carbocycles. The predicted molar refractivity (Wildman–Crippen MR) is 78.0 cm³/mol. The number of fused-ring (bicyclic) bond motifs is 1. The van der Waals surface area contributed by atoms with Crippen molar-refractivity contribution in [3.63, 3.8) is 0 Å². The van der Waals surface area contributed by atoms with Gasteiger partial charge < -0.3 is 0 Å². The summed E-state index contributed by atoms with van der Waals surface area (Å²) in [5.41, 5.74) is -2.64. The zero-order valence-electron chi connectivity index (χ0n) is 13.1. The molecule has 0 heterocycles. The summed E-state index contributed by atoms with van der Waals surface area (Å²) in [5, 5.41) is 0. The predicted octanol–water partition coefficient (Wildman–Crippen LogP) is 5.94. The van der Waals surface area contributed by atoms with Crippen molar-refractivity contribution < 1.29 is 35.1 Å². The molecule has 1 aliphatic rings. The maximum Gasteiger partial charge on any atom is 0.382 e. The molecule has 0 atom stereocenters. The van der Waals surface area contributed by atoms with Gasteiger partial charge in [0.2, 0.25) is 0 Å². The van der Waals surface area contributed by atoms with Crippen molar-refractivity contribution in [1.29, 1.82) is 0 Å². The Labute approximate surface area is 143 Å². The average Bonchev–Trinajstić information content (AvgIpc) is 2.59. The topological polar surface area (TPSA) is 0 Å². The van der Waals surface area contributed by atoms with Gasteiger partial charge in [-0.3, -0.25) is 0 Å². The Kier molecular flexibility index (Phi) is 4.08. The molecule has 0 unspecified atom stereocenters. The maximum atomic E-state index is 14.0. The van der Waals surface area contributed by atoms with Crippen molar-refractivity contribution >= 4 is 0 Å². The number of rotatable bonds is 3. The first kappa shape index (κ1) is 18.7. The molecule has 0 bridgehead atoms. The Morgan fingerprint density at radius 3 is 1.62 bits per heavy atom. The van der Waals surface area contributed by atoms with Crippen LogP contribution in [0.1, 0.15) is 22.3 Å². The van der Waals surface area contributed by atoms with E-state index in [0.717, 1.165) is 11.6 Å². The van der Waals surface area contributed by atoms with Crippen molar-refractivity contribution in [3.05, 3.63) is 70.8 Å². The van der Waals surface area contributed by atoms with Crippen LogP contribution in [0, 0.1) is 0 Å². The van der Waals surface area contributed by atoms with Crippen molar-refractivity contribution in [2.75, 3.05) is 0 Å². The molecule has 3 rings (SSSR count). The molecule has 8 heteroatoms. The normalized spacial score (nSPS) is 21.8. The largest absolute Gasteiger partial charge is 0.382 e. The van der Waals surface area contributed by atoms with E-state index in [-0.39, 0.29) is 12.0 Å². The highest BCUT2D eigenvalue weighted by molar-refractivity contribution is 5.45. The Balaban J connectivity index is 2.03. The lowest BCUT2D eigenvalue weighted by atomic mass is 9.79. The number of hydrogen-bond donors (Lipinski definition) is 0. The van der Waals surface area contributed by atoms with Crippen molar-refractivity contribution in [1.82, 2.24) is 0 Å². The molecule has 0 spiro atoms. The van der Waals surface area contributed by atoms with Crippen molar-refractivity contribution in [3.8, 4) is 0 Å². The Morgan fingerprint density at radius 1 is 0.538 bits per heavy atom. The van der Waals surface area contributed by atoms with Gasteiger partial charge in [0.15, 0.2) is 0 Å². The molecule has 0 fully saturated rings. The zero-order chi connectivity index (χ0) is 19.4. The fraction of sp³-hybridized carbons (Fsp3) is 0.333. The Bertz CT molecular complexity index is 811. The third-order valence-corrected chi connectivity index (χ3v) is 4.49. The lowest BCUT2D eigenvalue weighted by Gasteiger charge is -2.42. The minimum Gasteiger partial charge on any atom is -0.194 e. The standard InChI is InChI=1S/C18H12F8/c19-15(20)13-9-8-12(7-6-11-4-2-1-3-5-11)10-14(13)16(21,22)18(25,26)17(15,23)24/h1-5,8-10H,6-7H2. The SMILES string of the molecule is FC1(F)c2ccc(CCc3ccccc3)cc2C(F)(F)C(F)(F)C1(F)F. The summed E-state index contributed by atoms with van der Waals surface area (Å²) in [7, 11) is 0. The highest BCUT2D eigenvalue weighted by Crippen LogP contribution is 2.64. The van der Waals surface area contributed by atoms with E-state index in [1.807, 2.05) is 0 Å². The molecule has 2 aromatic rings. The van der Waals surface area contributed by atoms with E-state index in [9.17, 15) is 35.1 Å². The summed E-state index contributed by atoms with van der Waals surface area (Å²) >= 11 is 0. The van der Waals surface area contributed by atoms with Gasteiger partial charge in [0.1, 0.15) is 0 Å². The molecule has 0 radical (unpaired) electrons. The second-order valence-electron chi connectivity index (χ2n) is 6.16. The molecule has 0 saturated heterocycles. The molecule has 0 N–H and O–H groups in total. The lowest BCUT2D eigenvalue weighted by molar-refractivity contribution is -0.386. The van der Waals surface area contributed by atoms with Gasteiger partial charge in [-0.25, -0.2) is 0 Å². The van der Waals surface area contributed by atoms with Gasteiger partial charge >= 0.3 is 23.7 Å². The molecule has 140 valence electrons. The summed E-state index contributed by atoms with van der Waals surface area (Å²) < 4.78 is 110. The summed E-state index contributed by atoms with van der Waals surface area (Å²) in [5.74, 6) is -23.3. The van der Waals surface area contributed by atoms with Gasteiger partial charge in [-0.05, 0) is 30.0 Å². The summed E-state index contributed by atoms with van der Waals surface area (Å²) in [6, 6.07) is 10.5. The van der Waals surface area contributed by atoms with Gasteiger partial charge in [-0.1, -0.05) is 42.5 Å². The fourth-order valence-electron chi connectivity index (χ4n) is 2.95. The van der Waals surface area contributed by atoms with Gasteiger partial charge in [0, 0.05) is 11.1 Å². The van der Waals surface area contributed by atoms with Crippen LogP contribution < -0.4 is 0 Å². The van der Waals surface area contributed by atoms with E-state index in [0.29, 0.717) is 18.6 Å². The molecule has 0 aliphatic heterocycles. The van der Waals surface area contributed by atoms with E-state index in [2.05, 4.69) is 0 Å². The van der Waals surface area contributed by atoms with Crippen LogP contribution >= 0.6 is 0 Å². The van der Waals surface area contributed by atoms with E-state index >= 15 is 0 Å². The number of alkyl halides is 8. The monoisotopic (exact) mass is 380 g/mol. The smallest absolute Gasteiger partial charge is 0.194 e. The second kappa shape index (κ2) is 5.69. The highest BCUT2D eigenvalue weighted by atomic mass is 19.4. The fourth-order valence-corrected chi connectivity index (χ4v) is 2.95. The maximum absolute atomic E-state index is 14.0. The lowest BCUT2D eigenvalue weighted by Crippen LogP contribution is -2.63. The molecule has 1 aliphatic carbocycles. The summed E-state index contributed by atoms with van der Waals surface area (Å²) in [6.45, 7) is 0. The number of hydrogen-bond acceptors (Lipinski definition) is 0. The number of halogens is 8. The molecule has 26 heavy (non-hydrogen) atoms. The average molecular weight is 380 g/mol. The van der Waals surface area contributed by atoms with Crippen LogP contribution in [0.4, 0.5) is 35.1 Å². The second-order valence-corrected chi connectivity index (χ2v) is 6.16. The van der Waals surface area contributed by atoms with Crippen LogP contribution in [0.15, 0.2) is 48.5 Å². The number of benzene rings is 2. The minimum absolute atomic E-state index is 0.0732. The molecule has 0 nitrogen and oxygen atoms in total. The first-order valence-corrected chi connectivity index (χ1v) is 7.62. The van der Waals surface area contributed by atoms with Crippen LogP contribution in [0.3, 0.4) is 0 Å². The van der Waals surface area contributed by atoms with E-state index in [4.69, 9.17) is 0 Å². The minimum atomic E-state index is -6.21. The van der Waals surface area contributed by atoms with Gasteiger partial charge in [-0.15, -0.1) is 0 Å².